The van der Waals surface area contributed by atoms with Gasteiger partial charge in [0.2, 0.25) is 11.8 Å². The molecular weight excluding hydrogens is 413 g/mol. The molecule has 4 rings (SSSR count). The van der Waals surface area contributed by atoms with Crippen molar-refractivity contribution in [3.05, 3.63) is 65.5 Å². The Labute approximate surface area is 186 Å². The lowest BCUT2D eigenvalue weighted by Gasteiger charge is -2.28. The van der Waals surface area contributed by atoms with E-state index in [0.717, 1.165) is 12.8 Å². The first-order valence-electron chi connectivity index (χ1n) is 10.9. The molecule has 0 spiro atoms. The summed E-state index contributed by atoms with van der Waals surface area (Å²) < 4.78 is 19.0. The van der Waals surface area contributed by atoms with Crippen molar-refractivity contribution in [3.8, 4) is 0 Å². The number of hydrogen-bond donors (Lipinski definition) is 1. The van der Waals surface area contributed by atoms with Gasteiger partial charge in [0.1, 0.15) is 5.82 Å². The first-order chi connectivity index (χ1) is 15.5. The Morgan fingerprint density at radius 2 is 1.72 bits per heavy atom. The van der Waals surface area contributed by atoms with Crippen LogP contribution in [0.25, 0.3) is 0 Å². The number of ether oxygens (including phenoxy) is 1. The lowest BCUT2D eigenvalue weighted by molar-refractivity contribution is -0.135. The van der Waals surface area contributed by atoms with Crippen LogP contribution in [-0.4, -0.2) is 46.8 Å². The molecule has 2 aromatic rings. The van der Waals surface area contributed by atoms with E-state index in [2.05, 4.69) is 5.32 Å². The van der Waals surface area contributed by atoms with Crippen molar-refractivity contribution in [2.45, 2.75) is 44.9 Å². The van der Waals surface area contributed by atoms with Crippen LogP contribution >= 0.6 is 0 Å². The average molecular weight is 439 g/mol. The molecule has 1 N–H and O–H groups in total. The third kappa shape index (κ3) is 4.59. The smallest absolute Gasteiger partial charge is 0.411 e. The number of carbonyl (C=O) groups is 3. The van der Waals surface area contributed by atoms with Crippen molar-refractivity contribution in [3.63, 3.8) is 0 Å². The van der Waals surface area contributed by atoms with E-state index in [9.17, 15) is 18.8 Å². The molecule has 2 aliphatic heterocycles. The van der Waals surface area contributed by atoms with Crippen LogP contribution in [-0.2, 0) is 20.9 Å². The fourth-order valence-corrected chi connectivity index (χ4v) is 4.11. The maximum Gasteiger partial charge on any atom is 0.411 e. The highest BCUT2D eigenvalue weighted by molar-refractivity contribution is 5.91. The highest BCUT2D eigenvalue weighted by Gasteiger charge is 2.48. The lowest BCUT2D eigenvalue weighted by atomic mass is 10.00. The summed E-state index contributed by atoms with van der Waals surface area (Å²) in [6.45, 7) is 3.22. The third-order valence-electron chi connectivity index (χ3n) is 5.87. The van der Waals surface area contributed by atoms with Crippen molar-refractivity contribution in [1.29, 1.82) is 0 Å². The number of benzene rings is 2. The van der Waals surface area contributed by atoms with Crippen LogP contribution in [0.3, 0.4) is 0 Å². The molecule has 168 valence electrons. The van der Waals surface area contributed by atoms with Gasteiger partial charge in [-0.25, -0.2) is 9.18 Å². The molecule has 0 radical (unpaired) electrons. The molecular formula is C24H26FN3O4. The molecule has 0 aliphatic carbocycles. The summed E-state index contributed by atoms with van der Waals surface area (Å²) in [5, 5.41) is 2.78. The number of nitrogens with one attached hydrogen (secondary N) is 1. The first kappa shape index (κ1) is 21.8. The van der Waals surface area contributed by atoms with Crippen LogP contribution in [0.2, 0.25) is 0 Å². The minimum Gasteiger partial charge on any atom is -0.438 e. The van der Waals surface area contributed by atoms with E-state index >= 15 is 0 Å². The normalized spacial score (nSPS) is 20.4. The lowest BCUT2D eigenvalue weighted by Crippen LogP contribution is -2.47. The highest BCUT2D eigenvalue weighted by atomic mass is 19.1. The molecule has 8 heteroatoms. The van der Waals surface area contributed by atoms with Crippen LogP contribution in [0.1, 0.15) is 43.4 Å². The number of rotatable bonds is 6. The second-order valence-corrected chi connectivity index (χ2v) is 8.06. The van der Waals surface area contributed by atoms with Crippen LogP contribution in [0, 0.1) is 5.82 Å². The number of cyclic esters (lactones) is 1. The second-order valence-electron chi connectivity index (χ2n) is 8.06. The van der Waals surface area contributed by atoms with Gasteiger partial charge in [0, 0.05) is 25.2 Å². The van der Waals surface area contributed by atoms with Crippen molar-refractivity contribution in [2.24, 2.45) is 0 Å². The fraction of sp³-hybridized carbons (Fsp3) is 0.375. The Morgan fingerprint density at radius 1 is 1.06 bits per heavy atom. The number of halogens is 1. The summed E-state index contributed by atoms with van der Waals surface area (Å²) in [6, 6.07) is 12.0. The molecule has 2 unspecified atom stereocenters. The number of likely N-dealkylation sites (tertiary alicyclic amines) is 1. The minimum absolute atomic E-state index is 0.0994. The van der Waals surface area contributed by atoms with E-state index in [1.165, 1.54) is 17.0 Å². The molecule has 32 heavy (non-hydrogen) atoms. The van der Waals surface area contributed by atoms with Crippen molar-refractivity contribution in [1.82, 2.24) is 9.80 Å². The number of anilines is 1. The van der Waals surface area contributed by atoms with Gasteiger partial charge < -0.3 is 15.0 Å². The maximum absolute atomic E-state index is 13.4. The Bertz CT molecular complexity index is 987. The van der Waals surface area contributed by atoms with Gasteiger partial charge in [-0.15, -0.1) is 0 Å². The van der Waals surface area contributed by atoms with Crippen LogP contribution in [0.4, 0.5) is 14.9 Å². The molecule has 2 atom stereocenters. The van der Waals surface area contributed by atoms with Gasteiger partial charge in [-0.1, -0.05) is 31.2 Å². The Hall–Kier alpha value is -3.42. The Balaban J connectivity index is 1.61. The molecule has 2 heterocycles. The zero-order valence-electron chi connectivity index (χ0n) is 17.9. The van der Waals surface area contributed by atoms with Gasteiger partial charge in [-0.05, 0) is 48.2 Å². The molecule has 3 amide bonds. The van der Waals surface area contributed by atoms with Crippen LogP contribution in [0.5, 0.6) is 0 Å². The summed E-state index contributed by atoms with van der Waals surface area (Å²) in [5.74, 6) is -0.614. The molecule has 2 aromatic carbocycles. The van der Waals surface area contributed by atoms with Crippen LogP contribution < -0.4 is 5.32 Å². The fourth-order valence-electron chi connectivity index (χ4n) is 4.11. The SMILES string of the molecule is CCC(=O)Nc1ccc(C2OC(=O)N(Cc3ccc(F)cc3)C2C(=O)N2CCCC2)cc1. The molecule has 0 bridgehead atoms. The number of nitrogens with zero attached hydrogens (tertiary/aromatic N) is 2. The first-order valence-corrected chi connectivity index (χ1v) is 10.9. The summed E-state index contributed by atoms with van der Waals surface area (Å²) >= 11 is 0. The zero-order chi connectivity index (χ0) is 22.7. The van der Waals surface area contributed by atoms with E-state index < -0.39 is 18.2 Å². The van der Waals surface area contributed by atoms with E-state index in [1.807, 2.05) is 0 Å². The highest BCUT2D eigenvalue weighted by Crippen LogP contribution is 2.36. The number of amides is 3. The second kappa shape index (κ2) is 9.38. The summed E-state index contributed by atoms with van der Waals surface area (Å²) in [5.41, 5.74) is 2.02. The van der Waals surface area contributed by atoms with Crippen molar-refractivity contribution >= 4 is 23.6 Å². The van der Waals surface area contributed by atoms with Gasteiger partial charge in [0.05, 0.1) is 6.54 Å². The monoisotopic (exact) mass is 439 g/mol. The third-order valence-corrected chi connectivity index (χ3v) is 5.87. The van der Waals surface area contributed by atoms with Crippen molar-refractivity contribution < 1.29 is 23.5 Å². The molecule has 0 saturated carbocycles. The summed E-state index contributed by atoms with van der Waals surface area (Å²) in [7, 11) is 0. The Kier molecular flexibility index (Phi) is 6.39. The predicted molar refractivity (Wildman–Crippen MR) is 116 cm³/mol. The molecule has 0 aromatic heterocycles. The largest absolute Gasteiger partial charge is 0.438 e. The number of carbonyl (C=O) groups excluding carboxylic acids is 3. The molecule has 2 saturated heterocycles. The van der Waals surface area contributed by atoms with Crippen LogP contribution in [0.15, 0.2) is 48.5 Å². The van der Waals surface area contributed by atoms with E-state index in [-0.39, 0.29) is 24.2 Å². The standard InChI is InChI=1S/C24H26FN3O4/c1-2-20(29)26-19-11-7-17(8-12-19)22-21(23(30)27-13-3-4-14-27)28(24(31)32-22)15-16-5-9-18(25)10-6-16/h5-12,21-22H,2-4,13-15H2,1H3,(H,26,29). The molecule has 7 nitrogen and oxygen atoms in total. The van der Waals surface area contributed by atoms with Gasteiger partial charge in [-0.2, -0.15) is 0 Å². The van der Waals surface area contributed by atoms with E-state index in [4.69, 9.17) is 4.74 Å². The van der Waals surface area contributed by atoms with Crippen molar-refractivity contribution in [2.75, 3.05) is 18.4 Å². The van der Waals surface area contributed by atoms with E-state index in [1.54, 1.807) is 48.2 Å². The van der Waals surface area contributed by atoms with E-state index in [0.29, 0.717) is 36.3 Å². The average Bonchev–Trinajstić information content (AvgIpc) is 3.44. The molecule has 2 fully saturated rings. The minimum atomic E-state index is -0.818. The van der Waals surface area contributed by atoms with Gasteiger partial charge in [-0.3, -0.25) is 14.5 Å². The van der Waals surface area contributed by atoms with Gasteiger partial charge >= 0.3 is 6.09 Å². The predicted octanol–water partition coefficient (Wildman–Crippen LogP) is 3.86. The topological polar surface area (TPSA) is 79.0 Å². The quantitative estimate of drug-likeness (QED) is 0.741. The Morgan fingerprint density at radius 3 is 2.34 bits per heavy atom. The molecule has 2 aliphatic rings. The zero-order valence-corrected chi connectivity index (χ0v) is 17.9. The summed E-state index contributed by atoms with van der Waals surface area (Å²) in [4.78, 5) is 41.1. The van der Waals surface area contributed by atoms with Gasteiger partial charge in [0.25, 0.3) is 0 Å². The van der Waals surface area contributed by atoms with Gasteiger partial charge in [0.15, 0.2) is 12.1 Å². The summed E-state index contributed by atoms with van der Waals surface area (Å²) in [6.07, 6.45) is 0.878. The maximum atomic E-state index is 13.4. The number of hydrogen-bond acceptors (Lipinski definition) is 4.